The first kappa shape index (κ1) is 25.4. The van der Waals surface area contributed by atoms with Gasteiger partial charge < -0.3 is 14.8 Å². The second-order valence-corrected chi connectivity index (χ2v) is 11.8. The van der Waals surface area contributed by atoms with Gasteiger partial charge in [0.15, 0.2) is 5.12 Å². The fraction of sp³-hybridized carbons (Fsp3) is 0.571. The van der Waals surface area contributed by atoms with E-state index in [2.05, 4.69) is 19.2 Å². The van der Waals surface area contributed by atoms with E-state index in [-0.39, 0.29) is 26.1 Å². The van der Waals surface area contributed by atoms with Crippen LogP contribution in [0.5, 0.6) is 0 Å². The summed E-state index contributed by atoms with van der Waals surface area (Å²) in [6.45, 7) is 9.50. The Hall–Kier alpha value is -1.59. The van der Waals surface area contributed by atoms with Crippen LogP contribution in [-0.4, -0.2) is 46.6 Å². The summed E-state index contributed by atoms with van der Waals surface area (Å²) in [6.07, 6.45) is 1.24. The standard InChI is InChI=1S/C21H32NO5PS/c1-6-28(7-2)15-29-18(23)13-17(22-20(25)27-21(3,4)5)19(24)26-14-16-11-9-8-10-12-16/h8-12,17H,6-7,13-15H2,1-5H3,(H,22,25)/t17-/m1/s1. The summed E-state index contributed by atoms with van der Waals surface area (Å²) in [4.78, 5) is 37.1. The number of hydrogen-bond donors (Lipinski definition) is 1. The van der Waals surface area contributed by atoms with Crippen LogP contribution in [0.4, 0.5) is 4.79 Å². The summed E-state index contributed by atoms with van der Waals surface area (Å²) >= 11 is 1.22. The maximum absolute atomic E-state index is 12.6. The second kappa shape index (κ2) is 12.9. The molecule has 0 spiro atoms. The number of rotatable bonds is 10. The van der Waals surface area contributed by atoms with Crippen molar-refractivity contribution in [2.75, 3.05) is 17.8 Å². The van der Waals surface area contributed by atoms with Crippen LogP contribution in [-0.2, 0) is 25.7 Å². The fourth-order valence-electron chi connectivity index (χ4n) is 2.27. The highest BCUT2D eigenvalue weighted by molar-refractivity contribution is 8.17. The number of alkyl carbamates (subject to hydrolysis) is 1. The van der Waals surface area contributed by atoms with E-state index in [4.69, 9.17) is 9.47 Å². The normalized spacial score (nSPS) is 12.3. The van der Waals surface area contributed by atoms with Gasteiger partial charge in [-0.3, -0.25) is 4.79 Å². The molecule has 6 nitrogen and oxygen atoms in total. The Morgan fingerprint density at radius 3 is 2.28 bits per heavy atom. The molecule has 1 aromatic rings. The monoisotopic (exact) mass is 441 g/mol. The summed E-state index contributed by atoms with van der Waals surface area (Å²) in [7, 11) is -0.187. The SMILES string of the molecule is CCP(CC)CSC(=O)C[C@@H](NC(=O)OC(C)(C)C)C(=O)OCc1ccccc1. The maximum Gasteiger partial charge on any atom is 0.408 e. The Morgan fingerprint density at radius 1 is 1.10 bits per heavy atom. The molecular formula is C21H32NO5PS. The summed E-state index contributed by atoms with van der Waals surface area (Å²) in [5, 5.41) is 2.35. The van der Waals surface area contributed by atoms with Gasteiger partial charge in [-0.15, -0.1) is 0 Å². The molecule has 0 unspecified atom stereocenters. The molecule has 0 aliphatic carbocycles. The lowest BCUT2D eigenvalue weighted by Gasteiger charge is -2.23. The van der Waals surface area contributed by atoms with Crippen molar-refractivity contribution in [3.63, 3.8) is 0 Å². The van der Waals surface area contributed by atoms with Gasteiger partial charge >= 0.3 is 12.1 Å². The molecule has 1 N–H and O–H groups in total. The highest BCUT2D eigenvalue weighted by atomic mass is 32.2. The Kier molecular flexibility index (Phi) is 11.3. The molecule has 0 fully saturated rings. The summed E-state index contributed by atoms with van der Waals surface area (Å²) in [6, 6.07) is 8.15. The number of thioether (sulfide) groups is 1. The van der Waals surface area contributed by atoms with E-state index in [9.17, 15) is 14.4 Å². The average Bonchev–Trinajstić information content (AvgIpc) is 2.65. The molecule has 0 aliphatic rings. The largest absolute Gasteiger partial charge is 0.459 e. The number of amides is 1. The molecule has 0 saturated heterocycles. The van der Waals surface area contributed by atoms with Crippen LogP contribution in [0.3, 0.4) is 0 Å². The highest BCUT2D eigenvalue weighted by Gasteiger charge is 2.28. The number of nitrogens with one attached hydrogen (secondary N) is 1. The number of carbonyl (C=O) groups excluding carboxylic acids is 3. The number of esters is 1. The number of benzene rings is 1. The molecule has 8 heteroatoms. The number of ether oxygens (including phenoxy) is 2. The van der Waals surface area contributed by atoms with Crippen LogP contribution in [0.15, 0.2) is 30.3 Å². The molecule has 0 bridgehead atoms. The molecule has 0 saturated carbocycles. The zero-order chi connectivity index (χ0) is 21.9. The fourth-order valence-corrected chi connectivity index (χ4v) is 5.77. The second-order valence-electron chi connectivity index (χ2n) is 7.44. The molecule has 1 amide bonds. The molecule has 0 heterocycles. The molecule has 0 aromatic heterocycles. The minimum Gasteiger partial charge on any atom is -0.459 e. The first-order valence-corrected chi connectivity index (χ1v) is 12.6. The van der Waals surface area contributed by atoms with Crippen LogP contribution in [0, 0.1) is 0 Å². The van der Waals surface area contributed by atoms with Gasteiger partial charge in [0, 0.05) is 11.9 Å². The van der Waals surface area contributed by atoms with Crippen molar-refractivity contribution in [2.45, 2.75) is 59.3 Å². The minimum atomic E-state index is -1.08. The Morgan fingerprint density at radius 2 is 1.72 bits per heavy atom. The molecule has 0 radical (unpaired) electrons. The summed E-state index contributed by atoms with van der Waals surface area (Å²) < 4.78 is 10.5. The van der Waals surface area contributed by atoms with Gasteiger partial charge in [0.05, 0.1) is 0 Å². The summed E-state index contributed by atoms with van der Waals surface area (Å²) in [5.41, 5.74) is 0.882. The summed E-state index contributed by atoms with van der Waals surface area (Å²) in [5.74, 6) is -0.651. The third kappa shape index (κ3) is 11.2. The van der Waals surface area contributed by atoms with Crippen molar-refractivity contribution in [1.82, 2.24) is 5.32 Å². The topological polar surface area (TPSA) is 81.7 Å². The molecule has 29 heavy (non-hydrogen) atoms. The zero-order valence-corrected chi connectivity index (χ0v) is 19.6. The van der Waals surface area contributed by atoms with Gasteiger partial charge in [0.1, 0.15) is 18.2 Å². The lowest BCUT2D eigenvalue weighted by atomic mass is 10.2. The predicted molar refractivity (Wildman–Crippen MR) is 119 cm³/mol. The highest BCUT2D eigenvalue weighted by Crippen LogP contribution is 2.38. The van der Waals surface area contributed by atoms with Crippen molar-refractivity contribution in [3.8, 4) is 0 Å². The van der Waals surface area contributed by atoms with Crippen LogP contribution in [0.1, 0.15) is 46.6 Å². The van der Waals surface area contributed by atoms with Gasteiger partial charge in [0.2, 0.25) is 0 Å². The van der Waals surface area contributed by atoms with Gasteiger partial charge in [0.25, 0.3) is 0 Å². The average molecular weight is 442 g/mol. The van der Waals surface area contributed by atoms with Crippen molar-refractivity contribution >= 4 is 36.9 Å². The van der Waals surface area contributed by atoms with E-state index in [1.54, 1.807) is 20.8 Å². The van der Waals surface area contributed by atoms with E-state index in [1.807, 2.05) is 30.3 Å². The Labute approximate surface area is 179 Å². The van der Waals surface area contributed by atoms with Crippen molar-refractivity contribution in [3.05, 3.63) is 35.9 Å². The minimum absolute atomic E-state index is 0.0739. The molecule has 1 aromatic carbocycles. The van der Waals surface area contributed by atoms with Gasteiger partial charge in [-0.2, -0.15) is 0 Å². The van der Waals surface area contributed by atoms with Crippen molar-refractivity contribution in [2.24, 2.45) is 0 Å². The number of carbonyl (C=O) groups is 3. The molecule has 1 rings (SSSR count). The molecule has 162 valence electrons. The third-order valence-corrected chi connectivity index (χ3v) is 8.13. The van der Waals surface area contributed by atoms with Gasteiger partial charge in [-0.25, -0.2) is 9.59 Å². The molecule has 0 aliphatic heterocycles. The van der Waals surface area contributed by atoms with E-state index in [1.165, 1.54) is 11.8 Å². The zero-order valence-electron chi connectivity index (χ0n) is 17.9. The third-order valence-electron chi connectivity index (χ3n) is 3.87. The van der Waals surface area contributed by atoms with Crippen LogP contribution < -0.4 is 5.32 Å². The van der Waals surface area contributed by atoms with E-state index < -0.39 is 23.7 Å². The van der Waals surface area contributed by atoms with Crippen LogP contribution >= 0.6 is 19.7 Å². The lowest BCUT2D eigenvalue weighted by molar-refractivity contribution is -0.148. The van der Waals surface area contributed by atoms with Crippen molar-refractivity contribution < 1.29 is 23.9 Å². The van der Waals surface area contributed by atoms with E-state index in [0.29, 0.717) is 0 Å². The van der Waals surface area contributed by atoms with Crippen LogP contribution in [0.2, 0.25) is 0 Å². The van der Waals surface area contributed by atoms with Crippen molar-refractivity contribution in [1.29, 1.82) is 0 Å². The first-order chi connectivity index (χ1) is 13.6. The molecular weight excluding hydrogens is 409 g/mol. The van der Waals surface area contributed by atoms with E-state index >= 15 is 0 Å². The Balaban J connectivity index is 2.72. The number of hydrogen-bond acceptors (Lipinski definition) is 6. The van der Waals surface area contributed by atoms with Gasteiger partial charge in [-0.1, -0.05) is 63.9 Å². The molecule has 1 atom stereocenters. The van der Waals surface area contributed by atoms with E-state index in [0.717, 1.165) is 23.4 Å². The quantitative estimate of drug-likeness (QED) is 0.417. The first-order valence-electron chi connectivity index (χ1n) is 9.72. The Bertz CT molecular complexity index is 659. The maximum atomic E-state index is 12.6. The smallest absolute Gasteiger partial charge is 0.408 e. The predicted octanol–water partition coefficient (Wildman–Crippen LogP) is 4.75. The van der Waals surface area contributed by atoms with Crippen LogP contribution in [0.25, 0.3) is 0 Å². The lowest BCUT2D eigenvalue weighted by Crippen LogP contribution is -2.45. The van der Waals surface area contributed by atoms with Gasteiger partial charge in [-0.05, 0) is 38.7 Å².